The van der Waals surface area contributed by atoms with Gasteiger partial charge in [0.1, 0.15) is 0 Å². The quantitative estimate of drug-likeness (QED) is 0.347. The molecule has 168 valence electrons. The molecular weight excluding hydrogens is 392 g/mol. The van der Waals surface area contributed by atoms with E-state index in [9.17, 15) is 9.59 Å². The number of amides is 4. The minimum absolute atomic E-state index is 0.151. The van der Waals surface area contributed by atoms with Crippen LogP contribution in [0.3, 0.4) is 0 Å². The predicted octanol–water partition coefficient (Wildman–Crippen LogP) is 3.51. The van der Waals surface area contributed by atoms with Crippen LogP contribution in [0.4, 0.5) is 9.59 Å². The Hall–Kier alpha value is -3.16. The van der Waals surface area contributed by atoms with Crippen molar-refractivity contribution in [3.05, 3.63) is 60.2 Å². The van der Waals surface area contributed by atoms with Gasteiger partial charge in [-0.3, -0.25) is 9.97 Å². The fraction of sp³-hybridized carbons (Fsp3) is 0.478. The Labute approximate surface area is 184 Å². The first-order chi connectivity index (χ1) is 15.2. The number of nitrogens with zero attached hydrogens (tertiary/aromatic N) is 2. The highest BCUT2D eigenvalue weighted by molar-refractivity contribution is 5.74. The second kappa shape index (κ2) is 15.6. The van der Waals surface area contributed by atoms with Crippen molar-refractivity contribution in [1.29, 1.82) is 0 Å². The van der Waals surface area contributed by atoms with Crippen molar-refractivity contribution in [2.75, 3.05) is 13.1 Å². The minimum Gasteiger partial charge on any atom is -0.338 e. The summed E-state index contributed by atoms with van der Waals surface area (Å²) in [5, 5.41) is 11.4. The molecule has 0 aliphatic heterocycles. The summed E-state index contributed by atoms with van der Waals surface area (Å²) < 4.78 is 0. The zero-order valence-electron chi connectivity index (χ0n) is 18.1. The first-order valence-corrected chi connectivity index (χ1v) is 11.1. The van der Waals surface area contributed by atoms with E-state index >= 15 is 0 Å². The number of carbonyl (C=O) groups excluding carboxylic acids is 2. The molecule has 31 heavy (non-hydrogen) atoms. The Bertz CT molecular complexity index is 679. The van der Waals surface area contributed by atoms with Crippen molar-refractivity contribution in [3.63, 3.8) is 0 Å². The van der Waals surface area contributed by atoms with Crippen molar-refractivity contribution >= 4 is 12.1 Å². The molecule has 4 amide bonds. The highest BCUT2D eigenvalue weighted by Gasteiger charge is 2.01. The van der Waals surface area contributed by atoms with Gasteiger partial charge in [-0.25, -0.2) is 9.59 Å². The van der Waals surface area contributed by atoms with Crippen LogP contribution in [0.25, 0.3) is 0 Å². The Morgan fingerprint density at radius 3 is 1.39 bits per heavy atom. The second-order valence-corrected chi connectivity index (χ2v) is 7.34. The Morgan fingerprint density at radius 2 is 1.00 bits per heavy atom. The van der Waals surface area contributed by atoms with Crippen molar-refractivity contribution < 1.29 is 9.59 Å². The van der Waals surface area contributed by atoms with Gasteiger partial charge in [0.25, 0.3) is 0 Å². The Balaban J connectivity index is 1.32. The van der Waals surface area contributed by atoms with Crippen LogP contribution in [0.5, 0.6) is 0 Å². The number of hydrogen-bond donors (Lipinski definition) is 4. The molecule has 8 heteroatoms. The van der Waals surface area contributed by atoms with Crippen molar-refractivity contribution in [2.45, 2.75) is 58.0 Å². The maximum Gasteiger partial charge on any atom is 0.315 e. The average Bonchev–Trinajstić information content (AvgIpc) is 2.81. The highest BCUT2D eigenvalue weighted by atomic mass is 16.2. The van der Waals surface area contributed by atoms with Gasteiger partial charge in [0.2, 0.25) is 0 Å². The van der Waals surface area contributed by atoms with Gasteiger partial charge in [0.05, 0.1) is 24.5 Å². The molecular formula is C23H34N6O2. The van der Waals surface area contributed by atoms with Gasteiger partial charge in [-0.05, 0) is 37.1 Å². The molecule has 0 aromatic carbocycles. The SMILES string of the molecule is O=C(NCCCCCCCCCNC(=O)NCc1ccccn1)NCc1ccccn1. The Kier molecular flexibility index (Phi) is 12.2. The molecule has 0 aliphatic carbocycles. The summed E-state index contributed by atoms with van der Waals surface area (Å²) in [6.45, 7) is 2.25. The third-order valence-electron chi connectivity index (χ3n) is 4.74. The van der Waals surface area contributed by atoms with Crippen LogP contribution < -0.4 is 21.3 Å². The van der Waals surface area contributed by atoms with E-state index in [-0.39, 0.29) is 12.1 Å². The van der Waals surface area contributed by atoms with E-state index in [1.807, 2.05) is 36.4 Å². The van der Waals surface area contributed by atoms with Crippen LogP contribution in [0, 0.1) is 0 Å². The van der Waals surface area contributed by atoms with Crippen LogP contribution in [0.15, 0.2) is 48.8 Å². The van der Waals surface area contributed by atoms with E-state index in [2.05, 4.69) is 31.2 Å². The van der Waals surface area contributed by atoms with Gasteiger partial charge in [-0.2, -0.15) is 0 Å². The van der Waals surface area contributed by atoms with Gasteiger partial charge in [-0.15, -0.1) is 0 Å². The van der Waals surface area contributed by atoms with E-state index < -0.39 is 0 Å². The summed E-state index contributed by atoms with van der Waals surface area (Å²) >= 11 is 0. The number of nitrogens with one attached hydrogen (secondary N) is 4. The normalized spacial score (nSPS) is 10.3. The van der Waals surface area contributed by atoms with Crippen LogP contribution >= 0.6 is 0 Å². The molecule has 2 rings (SSSR count). The fourth-order valence-corrected chi connectivity index (χ4v) is 3.01. The summed E-state index contributed by atoms with van der Waals surface area (Å²) in [4.78, 5) is 31.8. The molecule has 0 fully saturated rings. The lowest BCUT2D eigenvalue weighted by atomic mass is 10.1. The molecule has 2 aromatic rings. The molecule has 2 aromatic heterocycles. The summed E-state index contributed by atoms with van der Waals surface area (Å²) in [5.74, 6) is 0. The third kappa shape index (κ3) is 12.2. The first kappa shape index (κ1) is 24.1. The zero-order chi connectivity index (χ0) is 22.0. The van der Waals surface area contributed by atoms with Crippen LogP contribution in [-0.2, 0) is 13.1 Å². The van der Waals surface area contributed by atoms with E-state index in [0.29, 0.717) is 26.2 Å². The van der Waals surface area contributed by atoms with E-state index in [4.69, 9.17) is 0 Å². The molecule has 4 N–H and O–H groups in total. The summed E-state index contributed by atoms with van der Waals surface area (Å²) in [6.07, 6.45) is 11.1. The van der Waals surface area contributed by atoms with Gasteiger partial charge in [0, 0.05) is 25.5 Å². The maximum absolute atomic E-state index is 11.7. The van der Waals surface area contributed by atoms with E-state index in [1.165, 1.54) is 6.42 Å². The van der Waals surface area contributed by atoms with Crippen molar-refractivity contribution in [2.24, 2.45) is 0 Å². The van der Waals surface area contributed by atoms with Crippen molar-refractivity contribution in [1.82, 2.24) is 31.2 Å². The summed E-state index contributed by atoms with van der Waals surface area (Å²) in [6, 6.07) is 11.0. The number of hydrogen-bond acceptors (Lipinski definition) is 4. The average molecular weight is 427 g/mol. The lowest BCUT2D eigenvalue weighted by molar-refractivity contribution is 0.239. The Morgan fingerprint density at radius 1 is 0.581 bits per heavy atom. The zero-order valence-corrected chi connectivity index (χ0v) is 18.1. The van der Waals surface area contributed by atoms with E-state index in [0.717, 1.165) is 49.9 Å². The minimum atomic E-state index is -0.151. The van der Waals surface area contributed by atoms with Crippen LogP contribution in [0.1, 0.15) is 56.3 Å². The molecule has 0 saturated carbocycles. The number of aromatic nitrogens is 2. The summed E-state index contributed by atoms with van der Waals surface area (Å²) in [5.41, 5.74) is 1.69. The number of urea groups is 2. The molecule has 0 atom stereocenters. The molecule has 0 saturated heterocycles. The van der Waals surface area contributed by atoms with Crippen molar-refractivity contribution in [3.8, 4) is 0 Å². The molecule has 0 unspecified atom stereocenters. The lowest BCUT2D eigenvalue weighted by Crippen LogP contribution is -2.35. The molecule has 2 heterocycles. The first-order valence-electron chi connectivity index (χ1n) is 11.1. The molecule has 0 aliphatic rings. The van der Waals surface area contributed by atoms with Gasteiger partial charge in [0.15, 0.2) is 0 Å². The van der Waals surface area contributed by atoms with E-state index in [1.54, 1.807) is 12.4 Å². The lowest BCUT2D eigenvalue weighted by Gasteiger charge is -2.08. The number of pyridine rings is 2. The standard InChI is InChI=1S/C23H34N6O2/c30-22(28-18-20-12-6-10-14-24-20)26-16-8-4-2-1-3-5-9-17-27-23(31)29-19-21-13-7-11-15-25-21/h6-7,10-15H,1-5,8-9,16-19H2,(H2,26,28,30)(H2,27,29,31). The molecule has 0 spiro atoms. The largest absolute Gasteiger partial charge is 0.338 e. The molecule has 8 nitrogen and oxygen atoms in total. The fourth-order valence-electron chi connectivity index (χ4n) is 3.01. The topological polar surface area (TPSA) is 108 Å². The predicted molar refractivity (Wildman–Crippen MR) is 121 cm³/mol. The number of rotatable bonds is 14. The molecule has 0 bridgehead atoms. The number of carbonyl (C=O) groups is 2. The van der Waals surface area contributed by atoms with Crippen LogP contribution in [-0.4, -0.2) is 35.1 Å². The summed E-state index contributed by atoms with van der Waals surface area (Å²) in [7, 11) is 0. The van der Waals surface area contributed by atoms with Crippen LogP contribution in [0.2, 0.25) is 0 Å². The van der Waals surface area contributed by atoms with Gasteiger partial charge in [-0.1, -0.05) is 44.2 Å². The highest BCUT2D eigenvalue weighted by Crippen LogP contribution is 2.06. The monoisotopic (exact) mass is 426 g/mol. The second-order valence-electron chi connectivity index (χ2n) is 7.34. The maximum atomic E-state index is 11.7. The van der Waals surface area contributed by atoms with Gasteiger partial charge < -0.3 is 21.3 Å². The third-order valence-corrected chi connectivity index (χ3v) is 4.74. The molecule has 0 radical (unpaired) electrons. The van der Waals surface area contributed by atoms with Gasteiger partial charge >= 0.3 is 12.1 Å². The smallest absolute Gasteiger partial charge is 0.315 e. The number of unbranched alkanes of at least 4 members (excludes halogenated alkanes) is 6.